The van der Waals surface area contributed by atoms with Gasteiger partial charge in [0.15, 0.2) is 0 Å². The highest BCUT2D eigenvalue weighted by Crippen LogP contribution is 2.27. The topological polar surface area (TPSA) is 79.0 Å². The van der Waals surface area contributed by atoms with E-state index in [2.05, 4.69) is 5.32 Å². The molecule has 7 nitrogen and oxygen atoms in total. The summed E-state index contributed by atoms with van der Waals surface area (Å²) in [6.45, 7) is 0.677. The number of methoxy groups -OCH3 is 1. The number of carbonyl (C=O) groups excluding carboxylic acids is 3. The summed E-state index contributed by atoms with van der Waals surface area (Å²) >= 11 is 0. The maximum atomic E-state index is 13.2. The molecule has 1 fully saturated rings. The third kappa shape index (κ3) is 4.78. The van der Waals surface area contributed by atoms with Crippen molar-refractivity contribution in [1.82, 2.24) is 4.90 Å². The first kappa shape index (κ1) is 20.5. The van der Waals surface area contributed by atoms with Gasteiger partial charge in [0.1, 0.15) is 11.9 Å². The number of carbonyl (C=O) groups is 3. The van der Waals surface area contributed by atoms with E-state index in [9.17, 15) is 18.8 Å². The molecule has 0 aliphatic carbocycles. The first-order chi connectivity index (χ1) is 14.0. The van der Waals surface area contributed by atoms with Crippen LogP contribution in [-0.2, 0) is 14.3 Å². The molecule has 1 aliphatic heterocycles. The van der Waals surface area contributed by atoms with Crippen molar-refractivity contribution in [3.05, 3.63) is 60.4 Å². The van der Waals surface area contributed by atoms with Crippen molar-refractivity contribution in [1.29, 1.82) is 0 Å². The van der Waals surface area contributed by atoms with E-state index >= 15 is 0 Å². The third-order valence-electron chi connectivity index (χ3n) is 4.59. The molecule has 2 aromatic rings. The highest BCUT2D eigenvalue weighted by molar-refractivity contribution is 6.22. The SMILES string of the molecule is COCCCN1C(=O)N(c2ccc(F)cc2)C(=O)[C@H]1CC(=O)Nc1ccccc1. The van der Waals surface area contributed by atoms with Crippen LogP contribution in [0.25, 0.3) is 0 Å². The van der Waals surface area contributed by atoms with Gasteiger partial charge in [-0.3, -0.25) is 9.59 Å². The van der Waals surface area contributed by atoms with Crippen molar-refractivity contribution in [3.63, 3.8) is 0 Å². The molecule has 1 atom stereocenters. The largest absolute Gasteiger partial charge is 0.385 e. The number of amides is 4. The standard InChI is InChI=1S/C21H22FN3O4/c1-29-13-5-12-24-18(14-19(26)23-16-6-3-2-4-7-16)20(27)25(21(24)28)17-10-8-15(22)9-11-17/h2-4,6-11,18H,5,12-14H2,1H3,(H,23,26)/t18-/m1/s1. The van der Waals surface area contributed by atoms with E-state index in [0.29, 0.717) is 18.7 Å². The molecule has 152 valence electrons. The minimum absolute atomic E-state index is 0.176. The van der Waals surface area contributed by atoms with E-state index in [0.717, 1.165) is 4.90 Å². The Morgan fingerprint density at radius 3 is 2.45 bits per heavy atom. The Morgan fingerprint density at radius 1 is 1.10 bits per heavy atom. The second-order valence-corrected chi connectivity index (χ2v) is 6.61. The highest BCUT2D eigenvalue weighted by Gasteiger charge is 2.46. The first-order valence-electron chi connectivity index (χ1n) is 9.25. The molecule has 0 unspecified atom stereocenters. The van der Waals surface area contributed by atoms with Crippen molar-refractivity contribution in [2.45, 2.75) is 18.9 Å². The normalized spacial score (nSPS) is 16.4. The van der Waals surface area contributed by atoms with Crippen molar-refractivity contribution in [2.24, 2.45) is 0 Å². The lowest BCUT2D eigenvalue weighted by Crippen LogP contribution is -2.38. The number of urea groups is 1. The number of ether oxygens (including phenoxy) is 1. The Balaban J connectivity index is 1.79. The van der Waals surface area contributed by atoms with Crippen LogP contribution >= 0.6 is 0 Å². The first-order valence-corrected chi connectivity index (χ1v) is 9.25. The zero-order valence-corrected chi connectivity index (χ0v) is 16.0. The summed E-state index contributed by atoms with van der Waals surface area (Å²) in [5.41, 5.74) is 0.875. The van der Waals surface area contributed by atoms with Crippen molar-refractivity contribution < 1.29 is 23.5 Å². The van der Waals surface area contributed by atoms with Crippen molar-refractivity contribution in [2.75, 3.05) is 30.5 Å². The van der Waals surface area contributed by atoms with Crippen LogP contribution in [0.2, 0.25) is 0 Å². The Hall–Kier alpha value is -3.26. The number of para-hydroxylation sites is 1. The Kier molecular flexibility index (Phi) is 6.56. The molecule has 2 aromatic carbocycles. The van der Waals surface area contributed by atoms with Gasteiger partial charge >= 0.3 is 6.03 Å². The summed E-state index contributed by atoms with van der Waals surface area (Å²) in [6.07, 6.45) is 0.341. The fourth-order valence-corrected chi connectivity index (χ4v) is 3.20. The smallest absolute Gasteiger partial charge is 0.332 e. The minimum atomic E-state index is -0.937. The molecule has 1 saturated heterocycles. The molecular formula is C21H22FN3O4. The van der Waals surface area contributed by atoms with Gasteiger partial charge in [-0.2, -0.15) is 0 Å². The van der Waals surface area contributed by atoms with Gasteiger partial charge < -0.3 is 15.0 Å². The van der Waals surface area contributed by atoms with Gasteiger partial charge in [-0.15, -0.1) is 0 Å². The number of nitrogens with zero attached hydrogens (tertiary/aromatic N) is 2. The molecule has 1 aliphatic rings. The molecule has 4 amide bonds. The number of nitrogens with one attached hydrogen (secondary N) is 1. The van der Waals surface area contributed by atoms with Crippen LogP contribution in [0.1, 0.15) is 12.8 Å². The number of hydrogen-bond donors (Lipinski definition) is 1. The van der Waals surface area contributed by atoms with Crippen LogP contribution in [0.3, 0.4) is 0 Å². The number of benzene rings is 2. The van der Waals surface area contributed by atoms with Crippen LogP contribution in [0, 0.1) is 5.82 Å². The Morgan fingerprint density at radius 2 is 1.79 bits per heavy atom. The Bertz CT molecular complexity index is 873. The van der Waals surface area contributed by atoms with Gasteiger partial charge in [-0.1, -0.05) is 18.2 Å². The number of halogens is 1. The summed E-state index contributed by atoms with van der Waals surface area (Å²) in [7, 11) is 1.55. The van der Waals surface area contributed by atoms with Gasteiger partial charge in [0.05, 0.1) is 12.1 Å². The molecule has 8 heteroatoms. The highest BCUT2D eigenvalue weighted by atomic mass is 19.1. The average Bonchev–Trinajstić information content (AvgIpc) is 2.94. The Labute approximate surface area is 168 Å². The van der Waals surface area contributed by atoms with E-state index < -0.39 is 23.8 Å². The molecule has 0 spiro atoms. The number of hydrogen-bond acceptors (Lipinski definition) is 4. The molecule has 0 bridgehead atoms. The molecular weight excluding hydrogens is 377 g/mol. The van der Waals surface area contributed by atoms with E-state index in [4.69, 9.17) is 4.74 Å². The summed E-state index contributed by atoms with van der Waals surface area (Å²) in [5, 5.41) is 2.73. The lowest BCUT2D eigenvalue weighted by molar-refractivity contribution is -0.124. The zero-order chi connectivity index (χ0) is 20.8. The van der Waals surface area contributed by atoms with Crippen molar-refractivity contribution in [3.8, 4) is 0 Å². The maximum Gasteiger partial charge on any atom is 0.332 e. The monoisotopic (exact) mass is 399 g/mol. The molecule has 29 heavy (non-hydrogen) atoms. The lowest BCUT2D eigenvalue weighted by atomic mass is 10.1. The van der Waals surface area contributed by atoms with Crippen molar-refractivity contribution >= 4 is 29.2 Å². The van der Waals surface area contributed by atoms with E-state index in [1.165, 1.54) is 29.2 Å². The molecule has 1 heterocycles. The number of anilines is 2. The number of rotatable bonds is 8. The van der Waals surface area contributed by atoms with Crippen LogP contribution in [0.15, 0.2) is 54.6 Å². The lowest BCUT2D eigenvalue weighted by Gasteiger charge is -2.21. The molecule has 1 N–H and O–H groups in total. The third-order valence-corrected chi connectivity index (χ3v) is 4.59. The van der Waals surface area contributed by atoms with E-state index in [-0.39, 0.29) is 24.6 Å². The van der Waals surface area contributed by atoms with Crippen LogP contribution in [0.5, 0.6) is 0 Å². The zero-order valence-electron chi connectivity index (χ0n) is 16.0. The summed E-state index contributed by atoms with van der Waals surface area (Å²) in [4.78, 5) is 40.8. The number of imide groups is 1. The second kappa shape index (κ2) is 9.29. The fourth-order valence-electron chi connectivity index (χ4n) is 3.20. The molecule has 0 saturated carbocycles. The summed E-state index contributed by atoms with van der Waals surface area (Å²) < 4.78 is 18.3. The molecule has 0 radical (unpaired) electrons. The summed E-state index contributed by atoms with van der Waals surface area (Å²) in [5.74, 6) is -1.36. The predicted molar refractivity (Wildman–Crippen MR) is 106 cm³/mol. The minimum Gasteiger partial charge on any atom is -0.385 e. The second-order valence-electron chi connectivity index (χ2n) is 6.61. The average molecular weight is 399 g/mol. The molecule has 0 aromatic heterocycles. The van der Waals surface area contributed by atoms with Gasteiger partial charge in [0, 0.05) is 25.9 Å². The fraction of sp³-hybridized carbons (Fsp3) is 0.286. The molecule has 3 rings (SSSR count). The van der Waals surface area contributed by atoms with E-state index in [1.54, 1.807) is 31.4 Å². The van der Waals surface area contributed by atoms with Gasteiger partial charge in [0.2, 0.25) is 5.91 Å². The predicted octanol–water partition coefficient (Wildman–Crippen LogP) is 3.03. The van der Waals surface area contributed by atoms with Crippen LogP contribution < -0.4 is 10.2 Å². The van der Waals surface area contributed by atoms with Gasteiger partial charge in [-0.25, -0.2) is 14.1 Å². The van der Waals surface area contributed by atoms with Crippen LogP contribution in [-0.4, -0.2) is 49.0 Å². The van der Waals surface area contributed by atoms with Gasteiger partial charge in [-0.05, 0) is 42.8 Å². The maximum absolute atomic E-state index is 13.2. The summed E-state index contributed by atoms with van der Waals surface area (Å²) in [6, 6.07) is 12.5. The quantitative estimate of drug-likeness (QED) is 0.547. The van der Waals surface area contributed by atoms with Crippen LogP contribution in [0.4, 0.5) is 20.6 Å². The van der Waals surface area contributed by atoms with E-state index in [1.807, 2.05) is 6.07 Å². The van der Waals surface area contributed by atoms with Gasteiger partial charge in [0.25, 0.3) is 5.91 Å².